The minimum absolute atomic E-state index is 0.122. The second kappa shape index (κ2) is 7.56. The normalized spacial score (nSPS) is 36.6. The number of esters is 1. The molecular formula is C26H31NO4. The van der Waals surface area contributed by atoms with E-state index in [2.05, 4.69) is 31.0 Å². The first-order valence-corrected chi connectivity index (χ1v) is 11.3. The smallest absolute Gasteiger partial charge is 0.343 e. The number of carbonyl (C=O) groups is 1. The zero-order valence-electron chi connectivity index (χ0n) is 18.7. The zero-order chi connectivity index (χ0) is 21.8. The molecule has 3 fully saturated rings. The third-order valence-electron chi connectivity index (χ3n) is 8.15. The lowest BCUT2D eigenvalue weighted by atomic mass is 9.50. The van der Waals surface area contributed by atoms with E-state index < -0.39 is 0 Å². The standard InChI is InChI=1S/C26H31NO4/c1-5-20(30-25(28)17-9-7-6-8-10-17)24-26-13-14-27(3)19(16(26)2)15-18-11-12-21(29-4)23(31-24)22(18)26/h5-12,16,18-19,22,24H,13-15H2,1-4H3/b20-5+/t16-,18?,19+,22?,24-,26?/m0/s1. The molecular weight excluding hydrogens is 390 g/mol. The van der Waals surface area contributed by atoms with Crippen LogP contribution in [0.5, 0.6) is 0 Å². The third-order valence-corrected chi connectivity index (χ3v) is 8.15. The summed E-state index contributed by atoms with van der Waals surface area (Å²) in [7, 11) is 3.93. The van der Waals surface area contributed by atoms with E-state index in [1.807, 2.05) is 31.2 Å². The summed E-state index contributed by atoms with van der Waals surface area (Å²) < 4.78 is 18.4. The van der Waals surface area contributed by atoms with E-state index in [4.69, 9.17) is 14.2 Å². The number of ether oxygens (including phenoxy) is 3. The molecule has 0 N–H and O–H groups in total. The number of rotatable bonds is 4. The van der Waals surface area contributed by atoms with E-state index in [0.29, 0.717) is 29.2 Å². The lowest BCUT2D eigenvalue weighted by molar-refractivity contribution is -0.102. The first kappa shape index (κ1) is 20.4. The van der Waals surface area contributed by atoms with Gasteiger partial charge in [0.2, 0.25) is 0 Å². The molecule has 0 aromatic heterocycles. The monoisotopic (exact) mass is 421 g/mol. The van der Waals surface area contributed by atoms with Crippen molar-refractivity contribution in [2.24, 2.45) is 23.2 Å². The van der Waals surface area contributed by atoms with Crippen molar-refractivity contribution in [2.45, 2.75) is 38.8 Å². The van der Waals surface area contributed by atoms with Crippen LogP contribution in [-0.4, -0.2) is 43.7 Å². The summed E-state index contributed by atoms with van der Waals surface area (Å²) in [6.45, 7) is 5.30. The van der Waals surface area contributed by atoms with E-state index in [-0.39, 0.29) is 23.4 Å². The van der Waals surface area contributed by atoms with Crippen LogP contribution >= 0.6 is 0 Å². The summed E-state index contributed by atoms with van der Waals surface area (Å²) >= 11 is 0. The molecule has 5 rings (SSSR count). The quantitative estimate of drug-likeness (QED) is 0.528. The Labute approximate surface area is 184 Å². The van der Waals surface area contributed by atoms with Crippen molar-refractivity contribution in [3.63, 3.8) is 0 Å². The van der Waals surface area contributed by atoms with Gasteiger partial charge in [-0.2, -0.15) is 0 Å². The van der Waals surface area contributed by atoms with Gasteiger partial charge in [0.05, 0.1) is 12.7 Å². The average molecular weight is 422 g/mol. The highest BCUT2D eigenvalue weighted by molar-refractivity contribution is 5.90. The molecule has 1 aromatic rings. The molecule has 1 aromatic carbocycles. The van der Waals surface area contributed by atoms with Crippen LogP contribution in [0.4, 0.5) is 0 Å². The number of allylic oxidation sites excluding steroid dienone is 4. The number of nitrogens with zero attached hydrogens (tertiary/aromatic N) is 1. The fraction of sp³-hybridized carbons (Fsp3) is 0.500. The van der Waals surface area contributed by atoms with Gasteiger partial charge in [0.1, 0.15) is 11.5 Å². The molecule has 1 saturated carbocycles. The Morgan fingerprint density at radius 1 is 1.29 bits per heavy atom. The van der Waals surface area contributed by atoms with E-state index in [1.165, 1.54) is 0 Å². The molecule has 2 heterocycles. The maximum atomic E-state index is 12.9. The van der Waals surface area contributed by atoms with Crippen molar-refractivity contribution in [1.82, 2.24) is 4.90 Å². The van der Waals surface area contributed by atoms with E-state index in [1.54, 1.807) is 19.2 Å². The van der Waals surface area contributed by atoms with Crippen molar-refractivity contribution in [3.05, 3.63) is 71.4 Å². The van der Waals surface area contributed by atoms with Gasteiger partial charge in [-0.15, -0.1) is 0 Å². The van der Waals surface area contributed by atoms with Crippen molar-refractivity contribution in [3.8, 4) is 0 Å². The Bertz CT molecular complexity index is 965. The first-order chi connectivity index (χ1) is 15.0. The lowest BCUT2D eigenvalue weighted by Gasteiger charge is -2.58. The van der Waals surface area contributed by atoms with Crippen molar-refractivity contribution < 1.29 is 19.0 Å². The highest BCUT2D eigenvalue weighted by Crippen LogP contribution is 2.66. The minimum atomic E-state index is -0.341. The minimum Gasteiger partial charge on any atom is -0.493 e. The van der Waals surface area contributed by atoms with Crippen LogP contribution in [0.15, 0.2) is 65.8 Å². The highest BCUT2D eigenvalue weighted by atomic mass is 16.6. The van der Waals surface area contributed by atoms with Gasteiger partial charge in [0.25, 0.3) is 0 Å². The Balaban J connectivity index is 1.56. The van der Waals surface area contributed by atoms with E-state index in [0.717, 1.165) is 30.9 Å². The highest BCUT2D eigenvalue weighted by Gasteiger charge is 2.67. The molecule has 6 atom stereocenters. The molecule has 1 spiro atoms. The predicted octanol–water partition coefficient (Wildman–Crippen LogP) is 4.54. The van der Waals surface area contributed by atoms with Gasteiger partial charge in [-0.25, -0.2) is 4.79 Å². The van der Waals surface area contributed by atoms with Crippen LogP contribution in [0.25, 0.3) is 0 Å². The van der Waals surface area contributed by atoms with Crippen molar-refractivity contribution in [1.29, 1.82) is 0 Å². The number of carbonyl (C=O) groups excluding carboxylic acids is 1. The fourth-order valence-electron chi connectivity index (χ4n) is 6.61. The summed E-state index contributed by atoms with van der Waals surface area (Å²) in [5.74, 6) is 3.08. The van der Waals surface area contributed by atoms with Gasteiger partial charge in [-0.05, 0) is 69.5 Å². The van der Waals surface area contributed by atoms with Gasteiger partial charge in [-0.3, -0.25) is 0 Å². The summed E-state index contributed by atoms with van der Waals surface area (Å²) in [6, 6.07) is 9.64. The molecule has 164 valence electrons. The predicted molar refractivity (Wildman–Crippen MR) is 118 cm³/mol. The molecule has 31 heavy (non-hydrogen) atoms. The number of benzene rings is 1. The first-order valence-electron chi connectivity index (χ1n) is 11.3. The van der Waals surface area contributed by atoms with Gasteiger partial charge in [0, 0.05) is 17.4 Å². The molecule has 2 aliphatic heterocycles. The number of hydrogen-bond donors (Lipinski definition) is 0. The van der Waals surface area contributed by atoms with Crippen LogP contribution in [0.1, 0.15) is 37.0 Å². The molecule has 5 heteroatoms. The Hall–Kier alpha value is -2.53. The molecule has 2 aliphatic carbocycles. The zero-order valence-corrected chi connectivity index (χ0v) is 18.7. The van der Waals surface area contributed by atoms with Gasteiger partial charge in [0.15, 0.2) is 11.9 Å². The van der Waals surface area contributed by atoms with Crippen LogP contribution < -0.4 is 0 Å². The maximum Gasteiger partial charge on any atom is 0.343 e. The average Bonchev–Trinajstić information content (AvgIpc) is 3.14. The van der Waals surface area contributed by atoms with Crippen LogP contribution in [0, 0.1) is 23.2 Å². The molecule has 3 unspecified atom stereocenters. The van der Waals surface area contributed by atoms with Gasteiger partial charge in [-0.1, -0.05) is 31.2 Å². The van der Waals surface area contributed by atoms with Crippen LogP contribution in [0.3, 0.4) is 0 Å². The van der Waals surface area contributed by atoms with E-state index >= 15 is 0 Å². The SMILES string of the molecule is C/C=C(/OC(=O)c1ccccc1)[C@@H]1OC2=C(OC)C=CC3C[C@@H]4[C@H](C)C1(CCN4C)C23. The van der Waals surface area contributed by atoms with Crippen LogP contribution in [-0.2, 0) is 14.2 Å². The molecule has 5 nitrogen and oxygen atoms in total. The summed E-state index contributed by atoms with van der Waals surface area (Å²) in [5, 5.41) is 0. The Morgan fingerprint density at radius 3 is 2.77 bits per heavy atom. The van der Waals surface area contributed by atoms with E-state index in [9.17, 15) is 4.79 Å². The number of fused-ring (bicyclic) bond motifs is 1. The molecule has 0 amide bonds. The number of likely N-dealkylation sites (tertiary alicyclic amines) is 1. The largest absolute Gasteiger partial charge is 0.493 e. The van der Waals surface area contributed by atoms with Crippen LogP contribution in [0.2, 0.25) is 0 Å². The summed E-state index contributed by atoms with van der Waals surface area (Å²) in [4.78, 5) is 15.4. The number of piperidine rings is 1. The molecule has 2 bridgehead atoms. The molecule has 2 saturated heterocycles. The topological polar surface area (TPSA) is 48.0 Å². The number of hydrogen-bond acceptors (Lipinski definition) is 5. The second-order valence-corrected chi connectivity index (χ2v) is 9.31. The van der Waals surface area contributed by atoms with Crippen molar-refractivity contribution >= 4 is 5.97 Å². The number of methoxy groups -OCH3 is 1. The van der Waals surface area contributed by atoms with Gasteiger partial charge >= 0.3 is 5.97 Å². The molecule has 4 aliphatic rings. The van der Waals surface area contributed by atoms with Crippen molar-refractivity contribution in [2.75, 3.05) is 20.7 Å². The molecule has 0 radical (unpaired) electrons. The third kappa shape index (κ3) is 2.89. The van der Waals surface area contributed by atoms with Gasteiger partial charge < -0.3 is 19.1 Å². The Morgan fingerprint density at radius 2 is 2.06 bits per heavy atom. The fourth-order valence-corrected chi connectivity index (χ4v) is 6.61. The summed E-state index contributed by atoms with van der Waals surface area (Å²) in [5.41, 5.74) is 0.423. The lowest BCUT2D eigenvalue weighted by Crippen LogP contribution is -2.62. The maximum absolute atomic E-state index is 12.9. The second-order valence-electron chi connectivity index (χ2n) is 9.31. The Kier molecular flexibility index (Phi) is 4.97. The summed E-state index contributed by atoms with van der Waals surface area (Å²) in [6.07, 6.45) is 8.08.